The van der Waals surface area contributed by atoms with Crippen LogP contribution in [-0.4, -0.2) is 37.6 Å². The molecule has 3 nitrogen and oxygen atoms in total. The first-order chi connectivity index (χ1) is 6.98. The van der Waals surface area contributed by atoms with Crippen molar-refractivity contribution in [2.75, 3.05) is 26.4 Å². The van der Waals surface area contributed by atoms with E-state index in [2.05, 4.69) is 6.92 Å². The Hall–Kier alpha value is -0.120. The van der Waals surface area contributed by atoms with Crippen molar-refractivity contribution in [1.29, 1.82) is 0 Å². The standard InChI is InChI=1S/C12H26O3/c1-5-6-7-14-8-9-15-10-11(13)12(2,3)4/h11,13H,5-10H2,1-4H3. The third-order valence-electron chi connectivity index (χ3n) is 2.29. The topological polar surface area (TPSA) is 38.7 Å². The highest BCUT2D eigenvalue weighted by Crippen LogP contribution is 2.18. The summed E-state index contributed by atoms with van der Waals surface area (Å²) in [4.78, 5) is 0. The maximum Gasteiger partial charge on any atom is 0.0821 e. The number of aliphatic hydroxyl groups is 1. The molecule has 15 heavy (non-hydrogen) atoms. The van der Waals surface area contributed by atoms with Crippen molar-refractivity contribution in [2.45, 2.75) is 46.6 Å². The van der Waals surface area contributed by atoms with Crippen LogP contribution in [0.3, 0.4) is 0 Å². The minimum atomic E-state index is -0.409. The fourth-order valence-electron chi connectivity index (χ4n) is 0.911. The first-order valence-electron chi connectivity index (χ1n) is 5.82. The third kappa shape index (κ3) is 8.85. The minimum Gasteiger partial charge on any atom is -0.390 e. The summed E-state index contributed by atoms with van der Waals surface area (Å²) in [6.07, 6.45) is 1.85. The van der Waals surface area contributed by atoms with Crippen LogP contribution >= 0.6 is 0 Å². The van der Waals surface area contributed by atoms with Gasteiger partial charge in [-0.15, -0.1) is 0 Å². The van der Waals surface area contributed by atoms with Gasteiger partial charge in [-0.25, -0.2) is 0 Å². The van der Waals surface area contributed by atoms with Crippen LogP contribution in [0.25, 0.3) is 0 Å². The number of aliphatic hydroxyl groups excluding tert-OH is 1. The molecular formula is C12H26O3. The predicted molar refractivity (Wildman–Crippen MR) is 62.0 cm³/mol. The Morgan fingerprint density at radius 1 is 1.07 bits per heavy atom. The first kappa shape index (κ1) is 14.9. The van der Waals surface area contributed by atoms with Gasteiger partial charge in [-0.2, -0.15) is 0 Å². The molecule has 0 bridgehead atoms. The van der Waals surface area contributed by atoms with Crippen LogP contribution in [0.5, 0.6) is 0 Å². The van der Waals surface area contributed by atoms with E-state index in [1.807, 2.05) is 20.8 Å². The predicted octanol–water partition coefficient (Wildman–Crippen LogP) is 2.23. The minimum absolute atomic E-state index is 0.108. The molecule has 0 radical (unpaired) electrons. The summed E-state index contributed by atoms with van der Waals surface area (Å²) in [6, 6.07) is 0. The largest absolute Gasteiger partial charge is 0.390 e. The second-order valence-corrected chi connectivity index (χ2v) is 4.92. The lowest BCUT2D eigenvalue weighted by atomic mass is 9.90. The van der Waals surface area contributed by atoms with Crippen LogP contribution in [0.1, 0.15) is 40.5 Å². The van der Waals surface area contributed by atoms with E-state index in [1.54, 1.807) is 0 Å². The summed E-state index contributed by atoms with van der Waals surface area (Å²) in [5, 5.41) is 9.66. The summed E-state index contributed by atoms with van der Waals surface area (Å²) in [5.41, 5.74) is -0.108. The highest BCUT2D eigenvalue weighted by atomic mass is 16.5. The van der Waals surface area contributed by atoms with E-state index < -0.39 is 6.10 Å². The smallest absolute Gasteiger partial charge is 0.0821 e. The lowest BCUT2D eigenvalue weighted by Gasteiger charge is -2.25. The zero-order valence-corrected chi connectivity index (χ0v) is 10.6. The number of hydrogen-bond donors (Lipinski definition) is 1. The van der Waals surface area contributed by atoms with E-state index in [0.29, 0.717) is 19.8 Å². The molecule has 0 heterocycles. The quantitative estimate of drug-likeness (QED) is 0.635. The van der Waals surface area contributed by atoms with Gasteiger partial charge in [0.1, 0.15) is 0 Å². The molecule has 0 aromatic heterocycles. The molecule has 0 spiro atoms. The molecule has 1 atom stereocenters. The van der Waals surface area contributed by atoms with Gasteiger partial charge in [0.15, 0.2) is 0 Å². The monoisotopic (exact) mass is 218 g/mol. The fraction of sp³-hybridized carbons (Fsp3) is 1.00. The molecule has 0 aliphatic heterocycles. The summed E-state index contributed by atoms with van der Waals surface area (Å²) >= 11 is 0. The van der Waals surface area contributed by atoms with Crippen LogP contribution in [0.15, 0.2) is 0 Å². The molecule has 3 heteroatoms. The Morgan fingerprint density at radius 2 is 1.67 bits per heavy atom. The Labute approximate surface area is 93.8 Å². The van der Waals surface area contributed by atoms with E-state index in [-0.39, 0.29) is 5.41 Å². The lowest BCUT2D eigenvalue weighted by Crippen LogP contribution is -2.31. The maximum atomic E-state index is 9.66. The van der Waals surface area contributed by atoms with Crippen molar-refractivity contribution in [3.05, 3.63) is 0 Å². The van der Waals surface area contributed by atoms with Crippen molar-refractivity contribution < 1.29 is 14.6 Å². The van der Waals surface area contributed by atoms with Gasteiger partial charge in [-0.05, 0) is 11.8 Å². The van der Waals surface area contributed by atoms with Gasteiger partial charge in [-0.1, -0.05) is 34.1 Å². The van der Waals surface area contributed by atoms with Crippen LogP contribution < -0.4 is 0 Å². The average molecular weight is 218 g/mol. The SMILES string of the molecule is CCCCOCCOCC(O)C(C)(C)C. The Bertz CT molecular complexity index is 140. The zero-order chi connectivity index (χ0) is 11.7. The normalized spacial score (nSPS) is 14.2. The zero-order valence-electron chi connectivity index (χ0n) is 10.6. The number of rotatable bonds is 8. The van der Waals surface area contributed by atoms with Gasteiger partial charge in [0.05, 0.1) is 25.9 Å². The van der Waals surface area contributed by atoms with Crippen LogP contribution in [0.2, 0.25) is 0 Å². The van der Waals surface area contributed by atoms with Crippen molar-refractivity contribution in [3.8, 4) is 0 Å². The number of ether oxygens (including phenoxy) is 2. The highest BCUT2D eigenvalue weighted by molar-refractivity contribution is 4.71. The summed E-state index contributed by atoms with van der Waals surface area (Å²) in [5.74, 6) is 0. The second-order valence-electron chi connectivity index (χ2n) is 4.92. The summed E-state index contributed by atoms with van der Waals surface area (Å²) < 4.78 is 10.7. The second kappa shape index (κ2) is 8.08. The van der Waals surface area contributed by atoms with Gasteiger partial charge >= 0.3 is 0 Å². The molecule has 0 aromatic carbocycles. The molecule has 0 aliphatic rings. The third-order valence-corrected chi connectivity index (χ3v) is 2.29. The molecule has 0 aromatic rings. The molecule has 0 aliphatic carbocycles. The molecule has 1 unspecified atom stereocenters. The fourth-order valence-corrected chi connectivity index (χ4v) is 0.911. The van der Waals surface area contributed by atoms with Crippen molar-refractivity contribution in [1.82, 2.24) is 0 Å². The van der Waals surface area contributed by atoms with Gasteiger partial charge in [0, 0.05) is 6.61 Å². The van der Waals surface area contributed by atoms with Gasteiger partial charge < -0.3 is 14.6 Å². The molecule has 0 fully saturated rings. The van der Waals surface area contributed by atoms with Crippen molar-refractivity contribution in [3.63, 3.8) is 0 Å². The lowest BCUT2D eigenvalue weighted by molar-refractivity contribution is -0.0357. The molecule has 0 amide bonds. The first-order valence-corrected chi connectivity index (χ1v) is 5.82. The summed E-state index contributed by atoms with van der Waals surface area (Å²) in [6.45, 7) is 10.5. The van der Waals surface area contributed by atoms with Crippen molar-refractivity contribution >= 4 is 0 Å². The molecule has 0 saturated carbocycles. The number of hydrogen-bond acceptors (Lipinski definition) is 3. The molecule has 92 valence electrons. The Morgan fingerprint density at radius 3 is 2.20 bits per heavy atom. The van der Waals surface area contributed by atoms with Gasteiger partial charge in [-0.3, -0.25) is 0 Å². The average Bonchev–Trinajstić information content (AvgIpc) is 2.14. The summed E-state index contributed by atoms with van der Waals surface area (Å²) in [7, 11) is 0. The van der Waals surface area contributed by atoms with E-state index in [0.717, 1.165) is 19.4 Å². The number of unbranched alkanes of at least 4 members (excludes halogenated alkanes) is 1. The van der Waals surface area contributed by atoms with Gasteiger partial charge in [0.2, 0.25) is 0 Å². The van der Waals surface area contributed by atoms with E-state index in [4.69, 9.17) is 9.47 Å². The Kier molecular flexibility index (Phi) is 8.02. The van der Waals surface area contributed by atoms with Gasteiger partial charge in [0.25, 0.3) is 0 Å². The van der Waals surface area contributed by atoms with Crippen LogP contribution in [0, 0.1) is 5.41 Å². The Balaban J connectivity index is 3.24. The molecule has 1 N–H and O–H groups in total. The molecular weight excluding hydrogens is 192 g/mol. The van der Waals surface area contributed by atoms with Crippen molar-refractivity contribution in [2.24, 2.45) is 5.41 Å². The molecule has 0 saturated heterocycles. The van der Waals surface area contributed by atoms with E-state index in [9.17, 15) is 5.11 Å². The van der Waals surface area contributed by atoms with E-state index in [1.165, 1.54) is 0 Å². The molecule has 0 rings (SSSR count). The van der Waals surface area contributed by atoms with E-state index >= 15 is 0 Å². The van der Waals surface area contributed by atoms with Crippen LogP contribution in [-0.2, 0) is 9.47 Å². The highest BCUT2D eigenvalue weighted by Gasteiger charge is 2.21. The maximum absolute atomic E-state index is 9.66. The van der Waals surface area contributed by atoms with Crippen LogP contribution in [0.4, 0.5) is 0 Å².